The molecule has 0 aromatic carbocycles. The lowest BCUT2D eigenvalue weighted by Gasteiger charge is -2.29. The Balaban J connectivity index is 1.57. The van der Waals surface area contributed by atoms with E-state index in [1.165, 1.54) is 12.6 Å². The number of hydrogen-bond donors (Lipinski definition) is 4. The number of nitrogens with two attached hydrogens (primary N) is 1. The first-order valence-electron chi connectivity index (χ1n) is 8.41. The van der Waals surface area contributed by atoms with Crippen LogP contribution in [0.15, 0.2) is 6.20 Å². The monoisotopic (exact) mass is 317 g/mol. The number of primary amides is 1. The first kappa shape index (κ1) is 14.7. The summed E-state index contributed by atoms with van der Waals surface area (Å²) < 4.78 is 0. The molecular formula is C16H23N5O2. The summed E-state index contributed by atoms with van der Waals surface area (Å²) in [5, 5.41) is 17.1. The number of nitrogens with zero attached hydrogens (tertiary/aromatic N) is 2. The van der Waals surface area contributed by atoms with Gasteiger partial charge in [0.1, 0.15) is 5.82 Å². The highest BCUT2D eigenvalue weighted by Gasteiger charge is 2.53. The molecule has 3 saturated carbocycles. The van der Waals surface area contributed by atoms with Crippen molar-refractivity contribution in [2.75, 3.05) is 10.6 Å². The lowest BCUT2D eigenvalue weighted by atomic mass is 9.93. The Hall–Kier alpha value is -1.89. The van der Waals surface area contributed by atoms with Gasteiger partial charge in [0.2, 0.25) is 5.95 Å². The van der Waals surface area contributed by atoms with Gasteiger partial charge in [-0.1, -0.05) is 0 Å². The smallest absolute Gasteiger partial charge is 0.254 e. The third-order valence-electron chi connectivity index (χ3n) is 5.68. The van der Waals surface area contributed by atoms with Gasteiger partial charge >= 0.3 is 0 Å². The zero-order chi connectivity index (χ0) is 16.1. The van der Waals surface area contributed by atoms with Crippen LogP contribution in [0.1, 0.15) is 61.7 Å². The highest BCUT2D eigenvalue weighted by atomic mass is 16.3. The molecule has 1 heterocycles. The third-order valence-corrected chi connectivity index (χ3v) is 5.68. The van der Waals surface area contributed by atoms with Crippen LogP contribution in [0.3, 0.4) is 0 Å². The molecule has 7 nitrogen and oxygen atoms in total. The van der Waals surface area contributed by atoms with Crippen LogP contribution in [0.25, 0.3) is 0 Å². The van der Waals surface area contributed by atoms with Gasteiger partial charge in [0.05, 0.1) is 11.2 Å². The second-order valence-corrected chi connectivity index (χ2v) is 7.40. The number of carbonyl (C=O) groups is 1. The van der Waals surface area contributed by atoms with Gasteiger partial charge in [0.15, 0.2) is 0 Å². The highest BCUT2D eigenvalue weighted by Crippen LogP contribution is 2.51. The average molecular weight is 317 g/mol. The molecule has 3 fully saturated rings. The minimum absolute atomic E-state index is 0.114. The van der Waals surface area contributed by atoms with Crippen molar-refractivity contribution in [3.63, 3.8) is 0 Å². The quantitative estimate of drug-likeness (QED) is 0.653. The van der Waals surface area contributed by atoms with Crippen LogP contribution in [-0.4, -0.2) is 38.2 Å². The van der Waals surface area contributed by atoms with Crippen LogP contribution in [0.2, 0.25) is 0 Å². The molecule has 1 aromatic rings. The van der Waals surface area contributed by atoms with Crippen molar-refractivity contribution < 1.29 is 9.90 Å². The molecule has 3 aliphatic carbocycles. The molecule has 0 unspecified atom stereocenters. The molecule has 0 aliphatic heterocycles. The molecule has 0 spiro atoms. The van der Waals surface area contributed by atoms with E-state index in [0.29, 0.717) is 23.4 Å². The summed E-state index contributed by atoms with van der Waals surface area (Å²) in [6.07, 6.45) is 9.10. The molecule has 1 aromatic heterocycles. The molecule has 2 bridgehead atoms. The normalized spacial score (nSPS) is 32.6. The Morgan fingerprint density at radius 1 is 1.30 bits per heavy atom. The summed E-state index contributed by atoms with van der Waals surface area (Å²) in [5.41, 5.74) is 5.12. The van der Waals surface area contributed by atoms with E-state index >= 15 is 0 Å². The summed E-state index contributed by atoms with van der Waals surface area (Å²) in [7, 11) is 0. The maximum Gasteiger partial charge on any atom is 0.254 e. The Morgan fingerprint density at radius 2 is 2.04 bits per heavy atom. The van der Waals surface area contributed by atoms with Crippen LogP contribution in [0.4, 0.5) is 11.8 Å². The Labute approximate surface area is 135 Å². The van der Waals surface area contributed by atoms with Crippen LogP contribution in [0.5, 0.6) is 0 Å². The molecule has 1 amide bonds. The Bertz CT molecular complexity index is 635. The number of nitrogens with one attached hydrogen (secondary N) is 2. The molecule has 3 aliphatic rings. The summed E-state index contributed by atoms with van der Waals surface area (Å²) in [6.45, 7) is 0. The van der Waals surface area contributed by atoms with E-state index in [1.807, 2.05) is 0 Å². The number of fused-ring (bicyclic) bond motifs is 2. The van der Waals surface area contributed by atoms with E-state index < -0.39 is 11.5 Å². The molecule has 124 valence electrons. The number of anilines is 2. The zero-order valence-electron chi connectivity index (χ0n) is 13.1. The standard InChI is InChI=1S/C16H23N5O2/c17-12(22)11-8-18-14(20-13(11)19-10-2-1-3-10)21-15-4-6-16(23,9-15)7-5-15/h8,10,23H,1-7,9H2,(H2,17,22)(H2,18,19,20,21). The van der Waals surface area contributed by atoms with Gasteiger partial charge in [-0.25, -0.2) is 4.98 Å². The maximum atomic E-state index is 11.6. The van der Waals surface area contributed by atoms with E-state index in [2.05, 4.69) is 20.6 Å². The van der Waals surface area contributed by atoms with Crippen molar-refractivity contribution in [3.8, 4) is 0 Å². The molecule has 5 N–H and O–H groups in total. The van der Waals surface area contributed by atoms with E-state index in [4.69, 9.17) is 5.73 Å². The molecule has 4 rings (SSSR count). The number of carbonyl (C=O) groups excluding carboxylic acids is 1. The molecule has 7 heteroatoms. The second-order valence-electron chi connectivity index (χ2n) is 7.40. The fourth-order valence-corrected chi connectivity index (χ4v) is 4.06. The van der Waals surface area contributed by atoms with Crippen molar-refractivity contribution in [1.82, 2.24) is 9.97 Å². The summed E-state index contributed by atoms with van der Waals surface area (Å²) in [5.74, 6) is 0.498. The fraction of sp³-hybridized carbons (Fsp3) is 0.688. The van der Waals surface area contributed by atoms with Crippen molar-refractivity contribution in [2.24, 2.45) is 5.73 Å². The van der Waals surface area contributed by atoms with Crippen LogP contribution in [0, 0.1) is 0 Å². The fourth-order valence-electron chi connectivity index (χ4n) is 4.06. The van der Waals surface area contributed by atoms with Crippen LogP contribution in [-0.2, 0) is 0 Å². The Kier molecular flexibility index (Phi) is 3.23. The number of amides is 1. The van der Waals surface area contributed by atoms with E-state index in [-0.39, 0.29) is 5.54 Å². The van der Waals surface area contributed by atoms with E-state index in [9.17, 15) is 9.90 Å². The predicted octanol–water partition coefficient (Wildman–Crippen LogP) is 1.40. The molecule has 0 saturated heterocycles. The number of rotatable bonds is 5. The number of hydrogen-bond acceptors (Lipinski definition) is 6. The summed E-state index contributed by atoms with van der Waals surface area (Å²) >= 11 is 0. The van der Waals surface area contributed by atoms with Crippen molar-refractivity contribution >= 4 is 17.7 Å². The van der Waals surface area contributed by atoms with Gasteiger partial charge in [0.25, 0.3) is 5.91 Å². The average Bonchev–Trinajstić information content (AvgIpc) is 2.96. The zero-order valence-corrected chi connectivity index (χ0v) is 13.1. The van der Waals surface area contributed by atoms with Crippen molar-refractivity contribution in [3.05, 3.63) is 11.8 Å². The molecular weight excluding hydrogens is 294 g/mol. The van der Waals surface area contributed by atoms with E-state index in [0.717, 1.165) is 44.9 Å². The predicted molar refractivity (Wildman–Crippen MR) is 86.2 cm³/mol. The third kappa shape index (κ3) is 2.63. The van der Waals surface area contributed by atoms with Gasteiger partial charge in [0, 0.05) is 17.8 Å². The van der Waals surface area contributed by atoms with Crippen LogP contribution < -0.4 is 16.4 Å². The maximum absolute atomic E-state index is 11.6. The first-order chi connectivity index (χ1) is 11.0. The topological polar surface area (TPSA) is 113 Å². The summed E-state index contributed by atoms with van der Waals surface area (Å²) in [4.78, 5) is 20.3. The molecule has 23 heavy (non-hydrogen) atoms. The van der Waals surface area contributed by atoms with Gasteiger partial charge in [-0.2, -0.15) is 4.98 Å². The van der Waals surface area contributed by atoms with Gasteiger partial charge in [-0.05, 0) is 51.4 Å². The number of aromatic nitrogens is 2. The van der Waals surface area contributed by atoms with Gasteiger partial charge in [-0.3, -0.25) is 4.79 Å². The van der Waals surface area contributed by atoms with Crippen molar-refractivity contribution in [1.29, 1.82) is 0 Å². The van der Waals surface area contributed by atoms with Gasteiger partial charge in [-0.15, -0.1) is 0 Å². The number of aliphatic hydroxyl groups is 1. The molecule has 0 radical (unpaired) electrons. The van der Waals surface area contributed by atoms with Gasteiger partial charge < -0.3 is 21.5 Å². The molecule has 0 atom stereocenters. The largest absolute Gasteiger partial charge is 0.390 e. The SMILES string of the molecule is NC(=O)c1cnc(NC23CCC(O)(CC2)C3)nc1NC1CCC1. The lowest BCUT2D eigenvalue weighted by Crippen LogP contribution is -2.34. The van der Waals surface area contributed by atoms with Crippen LogP contribution >= 0.6 is 0 Å². The highest BCUT2D eigenvalue weighted by molar-refractivity contribution is 5.97. The van der Waals surface area contributed by atoms with Crippen molar-refractivity contribution in [2.45, 2.75) is 68.5 Å². The minimum atomic E-state index is -0.521. The lowest BCUT2D eigenvalue weighted by molar-refractivity contribution is 0.0521. The van der Waals surface area contributed by atoms with E-state index in [1.54, 1.807) is 0 Å². The Morgan fingerprint density at radius 3 is 2.57 bits per heavy atom. The minimum Gasteiger partial charge on any atom is -0.390 e. The second kappa shape index (κ2) is 5.06. The summed E-state index contributed by atoms with van der Waals surface area (Å²) in [6, 6.07) is 0.358. The first-order valence-corrected chi connectivity index (χ1v) is 8.41.